The number of anilines is 1. The predicted molar refractivity (Wildman–Crippen MR) is 79.4 cm³/mol. The van der Waals surface area contributed by atoms with Crippen molar-refractivity contribution in [1.82, 2.24) is 5.32 Å². The molecule has 1 aromatic carbocycles. The van der Waals surface area contributed by atoms with Crippen LogP contribution in [-0.2, 0) is 11.3 Å². The lowest BCUT2D eigenvalue weighted by Gasteiger charge is -2.21. The molecular formula is C14H20N2O2S. The molecule has 1 saturated heterocycles. The molecule has 1 aromatic rings. The van der Waals surface area contributed by atoms with Crippen LogP contribution in [-0.4, -0.2) is 23.5 Å². The molecule has 1 heterocycles. The van der Waals surface area contributed by atoms with Gasteiger partial charge in [0, 0.05) is 6.54 Å². The van der Waals surface area contributed by atoms with Gasteiger partial charge in [0.2, 0.25) is 5.91 Å². The maximum atomic E-state index is 12.2. The number of hydrogen-bond acceptors (Lipinski definition) is 4. The van der Waals surface area contributed by atoms with Crippen LogP contribution in [0.3, 0.4) is 0 Å². The number of ether oxygens (including phenoxy) is 1. The van der Waals surface area contributed by atoms with E-state index in [1.54, 1.807) is 18.9 Å². The fourth-order valence-corrected chi connectivity index (χ4v) is 3.45. The van der Waals surface area contributed by atoms with Gasteiger partial charge in [0.05, 0.1) is 17.5 Å². The first-order chi connectivity index (χ1) is 9.05. The largest absolute Gasteiger partial charge is 0.495 e. The molecule has 1 amide bonds. The van der Waals surface area contributed by atoms with Crippen LogP contribution < -0.4 is 15.8 Å². The predicted octanol–water partition coefficient (Wildman–Crippen LogP) is 2.18. The van der Waals surface area contributed by atoms with Gasteiger partial charge in [-0.25, -0.2) is 0 Å². The van der Waals surface area contributed by atoms with Gasteiger partial charge in [0.15, 0.2) is 0 Å². The van der Waals surface area contributed by atoms with Crippen molar-refractivity contribution in [2.75, 3.05) is 18.6 Å². The zero-order valence-corrected chi connectivity index (χ0v) is 12.2. The zero-order chi connectivity index (χ0) is 13.9. The highest BCUT2D eigenvalue weighted by molar-refractivity contribution is 8.01. The van der Waals surface area contributed by atoms with Crippen molar-refractivity contribution in [2.24, 2.45) is 0 Å². The quantitative estimate of drug-likeness (QED) is 0.830. The lowest BCUT2D eigenvalue weighted by atomic mass is 10.0. The molecule has 19 heavy (non-hydrogen) atoms. The van der Waals surface area contributed by atoms with Crippen molar-refractivity contribution in [2.45, 2.75) is 31.1 Å². The summed E-state index contributed by atoms with van der Waals surface area (Å²) in [4.78, 5) is 12.2. The fraction of sp³-hybridized carbons (Fsp3) is 0.500. The maximum Gasteiger partial charge on any atom is 0.236 e. The Hall–Kier alpha value is -1.36. The van der Waals surface area contributed by atoms with E-state index in [0.29, 0.717) is 18.0 Å². The van der Waals surface area contributed by atoms with Crippen molar-refractivity contribution in [3.63, 3.8) is 0 Å². The molecule has 1 unspecified atom stereocenters. The molecule has 1 aliphatic heterocycles. The van der Waals surface area contributed by atoms with Gasteiger partial charge in [-0.1, -0.05) is 6.07 Å². The minimum atomic E-state index is -0.266. The van der Waals surface area contributed by atoms with E-state index in [4.69, 9.17) is 10.5 Å². The number of carbonyl (C=O) groups is 1. The van der Waals surface area contributed by atoms with Crippen molar-refractivity contribution in [3.05, 3.63) is 23.8 Å². The average Bonchev–Trinajstić information content (AvgIpc) is 2.84. The Morgan fingerprint density at radius 3 is 2.95 bits per heavy atom. The summed E-state index contributed by atoms with van der Waals surface area (Å²) in [5, 5.41) is 2.99. The molecular weight excluding hydrogens is 260 g/mol. The Labute approximate surface area is 118 Å². The monoisotopic (exact) mass is 280 g/mol. The van der Waals surface area contributed by atoms with Gasteiger partial charge in [0.1, 0.15) is 5.75 Å². The van der Waals surface area contributed by atoms with E-state index >= 15 is 0 Å². The van der Waals surface area contributed by atoms with Crippen molar-refractivity contribution in [3.8, 4) is 5.75 Å². The summed E-state index contributed by atoms with van der Waals surface area (Å²) in [6.07, 6.45) is 2.07. The summed E-state index contributed by atoms with van der Waals surface area (Å²) in [6, 6.07) is 5.58. The molecule has 104 valence electrons. The summed E-state index contributed by atoms with van der Waals surface area (Å²) < 4.78 is 4.84. The Balaban J connectivity index is 1.95. The topological polar surface area (TPSA) is 64.3 Å². The lowest BCUT2D eigenvalue weighted by Crippen LogP contribution is -2.39. The molecule has 0 radical (unpaired) electrons. The summed E-state index contributed by atoms with van der Waals surface area (Å²) in [7, 11) is 1.59. The summed E-state index contributed by atoms with van der Waals surface area (Å²) in [6.45, 7) is 2.52. The number of benzene rings is 1. The van der Waals surface area contributed by atoms with E-state index in [1.807, 2.05) is 25.1 Å². The fourth-order valence-electron chi connectivity index (χ4n) is 2.22. The van der Waals surface area contributed by atoms with Crippen LogP contribution in [0.15, 0.2) is 18.2 Å². The first-order valence-electron chi connectivity index (χ1n) is 6.40. The van der Waals surface area contributed by atoms with Gasteiger partial charge >= 0.3 is 0 Å². The van der Waals surface area contributed by atoms with E-state index in [-0.39, 0.29) is 10.7 Å². The lowest BCUT2D eigenvalue weighted by molar-refractivity contribution is -0.123. The van der Waals surface area contributed by atoms with Gasteiger partial charge in [-0.15, -0.1) is 11.8 Å². The van der Waals surface area contributed by atoms with E-state index in [2.05, 4.69) is 5.32 Å². The molecule has 4 nitrogen and oxygen atoms in total. The SMILES string of the molecule is COc1ccc(CNC(=O)C2(C)CCCS2)cc1N. The zero-order valence-electron chi connectivity index (χ0n) is 11.4. The smallest absolute Gasteiger partial charge is 0.236 e. The molecule has 1 aliphatic rings. The highest BCUT2D eigenvalue weighted by atomic mass is 32.2. The number of rotatable bonds is 4. The third kappa shape index (κ3) is 3.15. The molecule has 0 saturated carbocycles. The Kier molecular flexibility index (Phi) is 4.24. The maximum absolute atomic E-state index is 12.2. The average molecular weight is 280 g/mol. The molecule has 3 N–H and O–H groups in total. The Bertz CT molecular complexity index is 471. The standard InChI is InChI=1S/C14H20N2O2S/c1-14(6-3-7-19-14)13(17)16-9-10-4-5-12(18-2)11(15)8-10/h4-5,8H,3,6-7,9,15H2,1-2H3,(H,16,17). The third-order valence-corrected chi connectivity index (χ3v) is 4.97. The van der Waals surface area contributed by atoms with Gasteiger partial charge < -0.3 is 15.8 Å². The van der Waals surface area contributed by atoms with Crippen molar-refractivity contribution < 1.29 is 9.53 Å². The Morgan fingerprint density at radius 1 is 1.58 bits per heavy atom. The first-order valence-corrected chi connectivity index (χ1v) is 7.38. The van der Waals surface area contributed by atoms with Gasteiger partial charge in [0.25, 0.3) is 0 Å². The summed E-state index contributed by atoms with van der Waals surface area (Å²) in [5.74, 6) is 1.84. The normalized spacial score (nSPS) is 22.2. The second-order valence-electron chi connectivity index (χ2n) is 4.94. The number of thioether (sulfide) groups is 1. The van der Waals surface area contributed by atoms with Gasteiger partial charge in [-0.3, -0.25) is 4.79 Å². The van der Waals surface area contributed by atoms with Crippen LogP contribution in [0, 0.1) is 0 Å². The van der Waals surface area contributed by atoms with Gasteiger partial charge in [-0.2, -0.15) is 0 Å². The molecule has 0 aliphatic carbocycles. The molecule has 0 bridgehead atoms. The minimum absolute atomic E-state index is 0.115. The highest BCUT2D eigenvalue weighted by Gasteiger charge is 2.36. The number of methoxy groups -OCH3 is 1. The molecule has 0 aromatic heterocycles. The number of nitrogens with two attached hydrogens (primary N) is 1. The van der Waals surface area contributed by atoms with Crippen molar-refractivity contribution in [1.29, 1.82) is 0 Å². The molecule has 1 fully saturated rings. The molecule has 5 heteroatoms. The van der Waals surface area contributed by atoms with Crippen LogP contribution in [0.1, 0.15) is 25.3 Å². The van der Waals surface area contributed by atoms with E-state index < -0.39 is 0 Å². The second-order valence-corrected chi connectivity index (χ2v) is 6.54. The second kappa shape index (κ2) is 5.74. The van der Waals surface area contributed by atoms with Crippen LogP contribution in [0.5, 0.6) is 5.75 Å². The molecule has 2 rings (SSSR count). The molecule has 0 spiro atoms. The third-order valence-electron chi connectivity index (χ3n) is 3.45. The van der Waals surface area contributed by atoms with Gasteiger partial charge in [-0.05, 0) is 43.2 Å². The van der Waals surface area contributed by atoms with E-state index in [9.17, 15) is 4.79 Å². The number of nitrogen functional groups attached to an aromatic ring is 1. The molecule has 1 atom stereocenters. The van der Waals surface area contributed by atoms with Crippen LogP contribution in [0.2, 0.25) is 0 Å². The number of hydrogen-bond donors (Lipinski definition) is 2. The highest BCUT2D eigenvalue weighted by Crippen LogP contribution is 2.37. The Morgan fingerprint density at radius 2 is 2.37 bits per heavy atom. The van der Waals surface area contributed by atoms with E-state index in [1.165, 1.54) is 0 Å². The summed E-state index contributed by atoms with van der Waals surface area (Å²) >= 11 is 1.74. The number of amides is 1. The number of carbonyl (C=O) groups excluding carboxylic acids is 1. The van der Waals surface area contributed by atoms with Crippen LogP contribution in [0.4, 0.5) is 5.69 Å². The van der Waals surface area contributed by atoms with Crippen LogP contribution in [0.25, 0.3) is 0 Å². The van der Waals surface area contributed by atoms with Crippen molar-refractivity contribution >= 4 is 23.4 Å². The van der Waals surface area contributed by atoms with Crippen LogP contribution >= 0.6 is 11.8 Å². The number of nitrogens with one attached hydrogen (secondary N) is 1. The van der Waals surface area contributed by atoms with E-state index in [0.717, 1.165) is 24.2 Å². The summed E-state index contributed by atoms with van der Waals surface area (Å²) in [5.41, 5.74) is 7.42. The first kappa shape index (κ1) is 14.1. The minimum Gasteiger partial charge on any atom is -0.495 e.